The summed E-state index contributed by atoms with van der Waals surface area (Å²) in [5, 5.41) is 14.1. The molecule has 0 amide bonds. The van der Waals surface area contributed by atoms with Crippen LogP contribution in [0, 0.1) is 0 Å². The van der Waals surface area contributed by atoms with Crippen molar-refractivity contribution in [2.45, 2.75) is 0 Å². The van der Waals surface area contributed by atoms with E-state index in [1.54, 1.807) is 0 Å². The van der Waals surface area contributed by atoms with Crippen LogP contribution in [0.1, 0.15) is 0 Å². The summed E-state index contributed by atoms with van der Waals surface area (Å²) in [6.07, 6.45) is 1.89. The SMILES string of the molecule is c1ccc(-c2c3ccccc3c(-c3cccc4[se]c5cccc(-c6c7ccccc7c(-c7ccc8cccnc8c7)c7ccccc67)c5c34)c3ccccc23)cc1. The Kier molecular flexibility index (Phi) is 7.32. The first-order chi connectivity index (χ1) is 28.3. The molecule has 2 heteroatoms. The molecule has 0 aliphatic heterocycles. The standard InChI is InChI=1S/C55H33NSe/c1-2-15-35(16-3-1)50-37-18-4-8-22-41(37)52(42-23-9-5-19-38(42)50)45-26-12-28-48-54(45)55-46(27-13-29-49(55)57-48)53-43-24-10-6-20-39(43)51(40-21-7-11-25-44(40)53)36-31-30-34-17-14-32-56-47(34)33-36/h1-33H. The van der Waals surface area contributed by atoms with E-state index in [9.17, 15) is 0 Å². The Morgan fingerprint density at radius 3 is 1.25 bits per heavy atom. The van der Waals surface area contributed by atoms with E-state index in [1.807, 2.05) is 12.3 Å². The van der Waals surface area contributed by atoms with E-state index < -0.39 is 0 Å². The summed E-state index contributed by atoms with van der Waals surface area (Å²) in [6, 6.07) is 72.0. The summed E-state index contributed by atoms with van der Waals surface area (Å²) in [6.45, 7) is 0. The molecule has 0 bridgehead atoms. The zero-order valence-corrected chi connectivity index (χ0v) is 32.6. The molecular weight excluding hydrogens is 754 g/mol. The number of pyridine rings is 1. The van der Waals surface area contributed by atoms with E-state index in [4.69, 9.17) is 4.98 Å². The van der Waals surface area contributed by atoms with Gasteiger partial charge in [0.05, 0.1) is 0 Å². The first-order valence-corrected chi connectivity index (χ1v) is 21.3. The summed E-state index contributed by atoms with van der Waals surface area (Å²) in [4.78, 5) is 4.75. The number of rotatable bonds is 4. The Bertz CT molecular complexity index is 3460. The Labute approximate surface area is 335 Å². The molecule has 57 heavy (non-hydrogen) atoms. The van der Waals surface area contributed by atoms with Gasteiger partial charge in [0, 0.05) is 0 Å². The van der Waals surface area contributed by atoms with Gasteiger partial charge in [0.2, 0.25) is 0 Å². The number of hydrogen-bond donors (Lipinski definition) is 0. The molecule has 0 radical (unpaired) electrons. The average Bonchev–Trinajstić information content (AvgIpc) is 3.67. The van der Waals surface area contributed by atoms with Crippen molar-refractivity contribution in [1.82, 2.24) is 4.98 Å². The molecule has 12 aromatic rings. The van der Waals surface area contributed by atoms with Crippen molar-refractivity contribution in [3.8, 4) is 44.5 Å². The second-order valence-electron chi connectivity index (χ2n) is 14.9. The molecule has 10 aromatic carbocycles. The van der Waals surface area contributed by atoms with Crippen molar-refractivity contribution < 1.29 is 0 Å². The van der Waals surface area contributed by atoms with Crippen molar-refractivity contribution in [3.63, 3.8) is 0 Å². The van der Waals surface area contributed by atoms with Crippen LogP contribution < -0.4 is 0 Å². The number of aromatic nitrogens is 1. The molecule has 2 aromatic heterocycles. The Morgan fingerprint density at radius 2 is 0.754 bits per heavy atom. The molecule has 0 fully saturated rings. The van der Waals surface area contributed by atoms with Crippen molar-refractivity contribution >= 4 is 87.8 Å². The van der Waals surface area contributed by atoms with Gasteiger partial charge in [0.1, 0.15) is 0 Å². The molecule has 1 nitrogen and oxygen atoms in total. The molecule has 0 saturated carbocycles. The Hall–Kier alpha value is -6.83. The van der Waals surface area contributed by atoms with E-state index in [-0.39, 0.29) is 14.5 Å². The minimum atomic E-state index is 0.163. The van der Waals surface area contributed by atoms with E-state index in [0.717, 1.165) is 10.9 Å². The fourth-order valence-electron chi connectivity index (χ4n) is 9.57. The topological polar surface area (TPSA) is 12.9 Å². The Balaban J connectivity index is 1.20. The van der Waals surface area contributed by atoms with Gasteiger partial charge in [-0.2, -0.15) is 0 Å². The van der Waals surface area contributed by atoms with Gasteiger partial charge >= 0.3 is 332 Å². The maximum atomic E-state index is 4.75. The Morgan fingerprint density at radius 1 is 0.316 bits per heavy atom. The van der Waals surface area contributed by atoms with Crippen LogP contribution in [-0.4, -0.2) is 19.5 Å². The second-order valence-corrected chi connectivity index (χ2v) is 17.2. The number of benzene rings is 10. The summed E-state index contributed by atoms with van der Waals surface area (Å²) in [5.74, 6) is 0. The minimum absolute atomic E-state index is 0.163. The summed E-state index contributed by atoms with van der Waals surface area (Å²) >= 11 is 0.163. The predicted octanol–water partition coefficient (Wildman–Crippen LogP) is 14.9. The van der Waals surface area contributed by atoms with Crippen LogP contribution in [0.5, 0.6) is 0 Å². The number of nitrogens with zero attached hydrogens (tertiary/aromatic N) is 1. The van der Waals surface area contributed by atoms with Crippen LogP contribution in [0.2, 0.25) is 0 Å². The van der Waals surface area contributed by atoms with Gasteiger partial charge in [0.25, 0.3) is 0 Å². The molecule has 12 rings (SSSR count). The number of fused-ring (bicyclic) bond motifs is 8. The number of hydrogen-bond acceptors (Lipinski definition) is 1. The van der Waals surface area contributed by atoms with Crippen LogP contribution in [0.15, 0.2) is 200 Å². The summed E-state index contributed by atoms with van der Waals surface area (Å²) in [5.41, 5.74) is 11.2. The normalized spacial score (nSPS) is 11.9. The molecule has 2 heterocycles. The van der Waals surface area contributed by atoms with Gasteiger partial charge in [-0.25, -0.2) is 0 Å². The molecule has 0 aliphatic carbocycles. The molecule has 0 saturated heterocycles. The van der Waals surface area contributed by atoms with Gasteiger partial charge < -0.3 is 0 Å². The van der Waals surface area contributed by atoms with Gasteiger partial charge in [0.15, 0.2) is 0 Å². The van der Waals surface area contributed by atoms with Crippen LogP contribution in [0.25, 0.3) is 118 Å². The quantitative estimate of drug-likeness (QED) is 0.128. The zero-order valence-electron chi connectivity index (χ0n) is 30.9. The molecular formula is C55H33NSe. The van der Waals surface area contributed by atoms with Crippen molar-refractivity contribution in [3.05, 3.63) is 200 Å². The molecule has 0 atom stereocenters. The average molecular weight is 787 g/mol. The van der Waals surface area contributed by atoms with E-state index >= 15 is 0 Å². The molecule has 0 N–H and O–H groups in total. The fourth-order valence-corrected chi connectivity index (χ4v) is 12.0. The predicted molar refractivity (Wildman–Crippen MR) is 245 cm³/mol. The molecule has 0 unspecified atom stereocenters. The zero-order chi connectivity index (χ0) is 37.5. The molecule has 0 aliphatic rings. The van der Waals surface area contributed by atoms with Crippen LogP contribution in [0.4, 0.5) is 0 Å². The van der Waals surface area contributed by atoms with Crippen molar-refractivity contribution in [2.75, 3.05) is 0 Å². The third-order valence-corrected chi connectivity index (χ3v) is 14.2. The molecule has 0 spiro atoms. The van der Waals surface area contributed by atoms with Crippen molar-refractivity contribution in [1.29, 1.82) is 0 Å². The summed E-state index contributed by atoms with van der Waals surface area (Å²) in [7, 11) is 0. The first-order valence-electron chi connectivity index (χ1n) is 19.5. The van der Waals surface area contributed by atoms with E-state index in [1.165, 1.54) is 107 Å². The van der Waals surface area contributed by atoms with Gasteiger partial charge in [-0.15, -0.1) is 0 Å². The van der Waals surface area contributed by atoms with E-state index in [2.05, 4.69) is 188 Å². The second kappa shape index (κ2) is 12.9. The van der Waals surface area contributed by atoms with Crippen molar-refractivity contribution in [2.24, 2.45) is 0 Å². The van der Waals surface area contributed by atoms with Gasteiger partial charge in [-0.05, 0) is 6.07 Å². The fraction of sp³-hybridized carbons (Fsp3) is 0. The van der Waals surface area contributed by atoms with Gasteiger partial charge in [-0.3, -0.25) is 0 Å². The monoisotopic (exact) mass is 787 g/mol. The molecule has 264 valence electrons. The third-order valence-electron chi connectivity index (χ3n) is 11.9. The van der Waals surface area contributed by atoms with Gasteiger partial charge in [-0.1, -0.05) is 0 Å². The van der Waals surface area contributed by atoms with Crippen LogP contribution in [0.3, 0.4) is 0 Å². The van der Waals surface area contributed by atoms with Crippen LogP contribution >= 0.6 is 0 Å². The summed E-state index contributed by atoms with van der Waals surface area (Å²) < 4.78 is 2.88. The first kappa shape index (κ1) is 32.4. The third kappa shape index (κ3) is 4.92. The maximum absolute atomic E-state index is 4.75. The van der Waals surface area contributed by atoms with E-state index in [0.29, 0.717) is 0 Å². The van der Waals surface area contributed by atoms with Crippen LogP contribution in [-0.2, 0) is 0 Å².